The predicted octanol–water partition coefficient (Wildman–Crippen LogP) is 7.11. The third kappa shape index (κ3) is 4.85. The van der Waals surface area contributed by atoms with Crippen LogP contribution in [0.3, 0.4) is 0 Å². The van der Waals surface area contributed by atoms with Crippen LogP contribution in [-0.2, 0) is 0 Å². The minimum Gasteiger partial charge on any atom is -0.226 e. The first-order chi connectivity index (χ1) is 18.4. The Kier molecular flexibility index (Phi) is 6.42. The number of benzene rings is 5. The molecule has 0 radical (unpaired) electrons. The summed E-state index contributed by atoms with van der Waals surface area (Å²) in [4.78, 5) is 0. The molecule has 0 spiro atoms. The molecule has 6 rings (SSSR count). The SMILES string of the molecule is c1ccc(-c2ccc(C(c3ccccc3)n3c[n+](C(c4ccccc4)c4ccccc4)cn3)cc2)cc1. The summed E-state index contributed by atoms with van der Waals surface area (Å²) in [7, 11) is 0. The van der Waals surface area contributed by atoms with Crippen LogP contribution in [0, 0.1) is 0 Å². The molecule has 0 saturated heterocycles. The zero-order valence-electron chi connectivity index (χ0n) is 20.5. The molecule has 0 aliphatic carbocycles. The topological polar surface area (TPSA) is 21.7 Å². The lowest BCUT2D eigenvalue weighted by Crippen LogP contribution is -2.39. The van der Waals surface area contributed by atoms with Gasteiger partial charge in [-0.05, 0) is 33.4 Å². The van der Waals surface area contributed by atoms with Gasteiger partial charge >= 0.3 is 0 Å². The predicted molar refractivity (Wildman–Crippen MR) is 148 cm³/mol. The molecule has 178 valence electrons. The highest BCUT2D eigenvalue weighted by Crippen LogP contribution is 2.29. The van der Waals surface area contributed by atoms with Gasteiger partial charge < -0.3 is 0 Å². The van der Waals surface area contributed by atoms with Crippen LogP contribution in [0.4, 0.5) is 0 Å². The first-order valence-corrected chi connectivity index (χ1v) is 12.6. The van der Waals surface area contributed by atoms with Gasteiger partial charge in [-0.15, -0.1) is 4.68 Å². The monoisotopic (exact) mass is 478 g/mol. The lowest BCUT2D eigenvalue weighted by Gasteiger charge is -2.16. The fourth-order valence-corrected chi connectivity index (χ4v) is 5.01. The van der Waals surface area contributed by atoms with E-state index in [1.807, 2.05) is 6.33 Å². The number of nitrogens with zero attached hydrogens (tertiary/aromatic N) is 3. The van der Waals surface area contributed by atoms with Crippen LogP contribution in [0.2, 0.25) is 0 Å². The second-order valence-electron chi connectivity index (χ2n) is 9.20. The third-order valence-electron chi connectivity index (χ3n) is 6.81. The maximum atomic E-state index is 4.90. The van der Waals surface area contributed by atoms with Gasteiger partial charge in [0.25, 0.3) is 6.33 Å². The highest BCUT2D eigenvalue weighted by Gasteiger charge is 2.27. The van der Waals surface area contributed by atoms with Crippen molar-refractivity contribution in [3.8, 4) is 11.1 Å². The second kappa shape index (κ2) is 10.5. The summed E-state index contributed by atoms with van der Waals surface area (Å²) in [6.45, 7) is 0. The number of hydrogen-bond acceptors (Lipinski definition) is 1. The fraction of sp³-hybridized carbons (Fsp3) is 0.0588. The molecule has 6 aromatic rings. The maximum absolute atomic E-state index is 4.90. The van der Waals surface area contributed by atoms with Gasteiger partial charge in [0, 0.05) is 5.10 Å². The highest BCUT2D eigenvalue weighted by atomic mass is 15.4. The first kappa shape index (κ1) is 22.7. The molecule has 3 nitrogen and oxygen atoms in total. The number of hydrogen-bond donors (Lipinski definition) is 0. The molecule has 1 atom stereocenters. The van der Waals surface area contributed by atoms with E-state index in [1.54, 1.807) is 0 Å². The van der Waals surface area contributed by atoms with Crippen molar-refractivity contribution in [3.05, 3.63) is 181 Å². The summed E-state index contributed by atoms with van der Waals surface area (Å²) in [5, 5.41) is 4.90. The average Bonchev–Trinajstić information content (AvgIpc) is 3.45. The Morgan fingerprint density at radius 2 is 0.892 bits per heavy atom. The lowest BCUT2D eigenvalue weighted by molar-refractivity contribution is -0.705. The third-order valence-corrected chi connectivity index (χ3v) is 6.81. The summed E-state index contributed by atoms with van der Waals surface area (Å²) in [6.07, 6.45) is 4.08. The molecule has 0 bridgehead atoms. The minimum atomic E-state index is -0.0422. The maximum Gasteiger partial charge on any atom is 0.265 e. The van der Waals surface area contributed by atoms with Crippen molar-refractivity contribution in [1.29, 1.82) is 0 Å². The summed E-state index contributed by atoms with van der Waals surface area (Å²) in [6, 6.07) is 51.1. The normalized spacial score (nSPS) is 11.9. The van der Waals surface area contributed by atoms with Crippen molar-refractivity contribution in [3.63, 3.8) is 0 Å². The van der Waals surface area contributed by atoms with Gasteiger partial charge in [-0.3, -0.25) is 0 Å². The molecule has 0 aliphatic heterocycles. The standard InChI is InChI=1S/C34H28N3/c1-5-13-27(14-6-1)28-21-23-32(24-22-28)34(31-19-11-4-12-20-31)37-26-36(25-35-37)33(29-15-7-2-8-16-29)30-17-9-3-10-18-30/h1-26,33-34H/q+1. The van der Waals surface area contributed by atoms with Crippen molar-refractivity contribution >= 4 is 0 Å². The summed E-state index contributed by atoms with van der Waals surface area (Å²) in [5.74, 6) is 0. The molecule has 1 unspecified atom stereocenters. The van der Waals surface area contributed by atoms with E-state index < -0.39 is 0 Å². The van der Waals surface area contributed by atoms with Crippen LogP contribution >= 0.6 is 0 Å². The van der Waals surface area contributed by atoms with E-state index in [0.717, 1.165) is 0 Å². The quantitative estimate of drug-likeness (QED) is 0.224. The Balaban J connectivity index is 1.42. The molecule has 0 fully saturated rings. The smallest absolute Gasteiger partial charge is 0.226 e. The van der Waals surface area contributed by atoms with E-state index in [4.69, 9.17) is 5.10 Å². The van der Waals surface area contributed by atoms with Crippen LogP contribution in [0.15, 0.2) is 158 Å². The Bertz CT molecular complexity index is 1500. The Morgan fingerprint density at radius 1 is 0.459 bits per heavy atom. The molecule has 1 aromatic heterocycles. The fourth-order valence-electron chi connectivity index (χ4n) is 5.01. The van der Waals surface area contributed by atoms with E-state index in [9.17, 15) is 0 Å². The van der Waals surface area contributed by atoms with Crippen molar-refractivity contribution in [2.24, 2.45) is 0 Å². The summed E-state index contributed by atoms with van der Waals surface area (Å²) in [5.41, 5.74) is 7.26. The number of aromatic nitrogens is 3. The van der Waals surface area contributed by atoms with Gasteiger partial charge in [-0.2, -0.15) is 0 Å². The lowest BCUT2D eigenvalue weighted by atomic mass is 9.96. The molecule has 0 N–H and O–H groups in total. The number of rotatable bonds is 7. The van der Waals surface area contributed by atoms with E-state index in [2.05, 4.69) is 161 Å². The van der Waals surface area contributed by atoms with E-state index >= 15 is 0 Å². The van der Waals surface area contributed by atoms with Crippen LogP contribution in [-0.4, -0.2) is 9.78 Å². The Hall–Kier alpha value is -4.76. The first-order valence-electron chi connectivity index (χ1n) is 12.6. The van der Waals surface area contributed by atoms with Crippen LogP contribution in [0.5, 0.6) is 0 Å². The van der Waals surface area contributed by atoms with Crippen LogP contribution in [0.1, 0.15) is 34.3 Å². The second-order valence-corrected chi connectivity index (χ2v) is 9.20. The van der Waals surface area contributed by atoms with Gasteiger partial charge in [-0.1, -0.05) is 146 Å². The van der Waals surface area contributed by atoms with Gasteiger partial charge in [-0.25, -0.2) is 4.57 Å². The van der Waals surface area contributed by atoms with E-state index in [1.165, 1.54) is 33.4 Å². The van der Waals surface area contributed by atoms with Gasteiger partial charge in [0.2, 0.25) is 6.33 Å². The van der Waals surface area contributed by atoms with Crippen molar-refractivity contribution in [2.75, 3.05) is 0 Å². The van der Waals surface area contributed by atoms with Gasteiger partial charge in [0.1, 0.15) is 6.04 Å². The van der Waals surface area contributed by atoms with Crippen LogP contribution < -0.4 is 4.57 Å². The average molecular weight is 479 g/mol. The minimum absolute atomic E-state index is 0.0352. The molecular weight excluding hydrogens is 450 g/mol. The molecule has 0 amide bonds. The van der Waals surface area contributed by atoms with Crippen LogP contribution in [0.25, 0.3) is 11.1 Å². The largest absolute Gasteiger partial charge is 0.265 e. The summed E-state index contributed by atoms with van der Waals surface area (Å²) < 4.78 is 4.28. The zero-order valence-corrected chi connectivity index (χ0v) is 20.5. The van der Waals surface area contributed by atoms with E-state index in [0.29, 0.717) is 0 Å². The molecular formula is C34H28N3+. The van der Waals surface area contributed by atoms with Crippen molar-refractivity contribution < 1.29 is 4.57 Å². The Labute approximate surface area is 217 Å². The molecule has 3 heteroatoms. The molecule has 0 aliphatic rings. The molecule has 37 heavy (non-hydrogen) atoms. The van der Waals surface area contributed by atoms with Gasteiger partial charge in [0.15, 0.2) is 6.04 Å². The zero-order chi connectivity index (χ0) is 24.9. The van der Waals surface area contributed by atoms with Gasteiger partial charge in [0.05, 0.1) is 0 Å². The Morgan fingerprint density at radius 3 is 1.43 bits per heavy atom. The molecule has 5 aromatic carbocycles. The van der Waals surface area contributed by atoms with Crippen molar-refractivity contribution in [2.45, 2.75) is 12.1 Å². The molecule has 1 heterocycles. The van der Waals surface area contributed by atoms with Crippen molar-refractivity contribution in [1.82, 2.24) is 9.78 Å². The van der Waals surface area contributed by atoms with E-state index in [-0.39, 0.29) is 12.1 Å². The molecule has 0 saturated carbocycles. The highest BCUT2D eigenvalue weighted by molar-refractivity contribution is 5.63. The summed E-state index contributed by atoms with van der Waals surface area (Å²) >= 11 is 0.